The van der Waals surface area contributed by atoms with Gasteiger partial charge in [0.15, 0.2) is 0 Å². The van der Waals surface area contributed by atoms with Crippen molar-refractivity contribution in [3.8, 4) is 5.75 Å². The number of halogens is 1. The molecule has 0 unspecified atom stereocenters. The van der Waals surface area contributed by atoms with Crippen LogP contribution >= 0.6 is 0 Å². The fraction of sp³-hybridized carbons (Fsp3) is 0.562. The molecule has 0 saturated heterocycles. The average Bonchev–Trinajstić information content (AvgIpc) is 2.94. The first kappa shape index (κ1) is 14.2. The lowest BCUT2D eigenvalue weighted by Gasteiger charge is -2.35. The van der Waals surface area contributed by atoms with Crippen LogP contribution in [0.3, 0.4) is 0 Å². The van der Waals surface area contributed by atoms with Gasteiger partial charge in [-0.3, -0.25) is 4.79 Å². The van der Waals surface area contributed by atoms with E-state index in [2.05, 4.69) is 5.32 Å². The Morgan fingerprint density at radius 1 is 1.43 bits per heavy atom. The minimum atomic E-state index is -0.306. The fourth-order valence-corrected chi connectivity index (χ4v) is 3.16. The number of rotatable bonds is 3. The summed E-state index contributed by atoms with van der Waals surface area (Å²) in [6, 6.07) is 4.84. The van der Waals surface area contributed by atoms with Crippen molar-refractivity contribution in [1.29, 1.82) is 0 Å². The molecule has 2 aliphatic rings. The highest BCUT2D eigenvalue weighted by Gasteiger charge is 2.28. The van der Waals surface area contributed by atoms with Crippen LogP contribution in [0.15, 0.2) is 18.2 Å². The highest BCUT2D eigenvalue weighted by Crippen LogP contribution is 2.34. The van der Waals surface area contributed by atoms with Crippen molar-refractivity contribution in [1.82, 2.24) is 5.32 Å². The Morgan fingerprint density at radius 3 is 2.95 bits per heavy atom. The van der Waals surface area contributed by atoms with Crippen molar-refractivity contribution < 1.29 is 13.9 Å². The molecular weight excluding hydrogens is 271 g/mol. The minimum Gasteiger partial charge on any atom is -0.489 e. The lowest BCUT2D eigenvalue weighted by Crippen LogP contribution is -2.45. The Kier molecular flexibility index (Phi) is 3.99. The number of carbonyl (C=O) groups is 1. The summed E-state index contributed by atoms with van der Waals surface area (Å²) in [5.41, 5.74) is 0.835. The molecule has 1 aliphatic carbocycles. The van der Waals surface area contributed by atoms with E-state index in [1.54, 1.807) is 6.07 Å². The van der Waals surface area contributed by atoms with E-state index in [4.69, 9.17) is 4.74 Å². The molecule has 4 nitrogen and oxygen atoms in total. The van der Waals surface area contributed by atoms with E-state index in [1.807, 2.05) is 11.9 Å². The van der Waals surface area contributed by atoms with E-state index in [1.165, 1.54) is 25.0 Å². The Labute approximate surface area is 124 Å². The largest absolute Gasteiger partial charge is 0.489 e. The number of nitrogens with zero attached hydrogens (tertiary/aromatic N) is 1. The molecule has 0 radical (unpaired) electrons. The van der Waals surface area contributed by atoms with Crippen LogP contribution in [0.4, 0.5) is 10.1 Å². The molecule has 1 amide bonds. The Balaban J connectivity index is 1.61. The summed E-state index contributed by atoms with van der Waals surface area (Å²) in [6.07, 6.45) is 4.99. The molecule has 1 fully saturated rings. The normalized spacial score (nSPS) is 21.8. The molecule has 0 aromatic heterocycles. The highest BCUT2D eigenvalue weighted by molar-refractivity contribution is 5.78. The lowest BCUT2D eigenvalue weighted by molar-refractivity contribution is -0.122. The lowest BCUT2D eigenvalue weighted by atomic mass is 10.1. The van der Waals surface area contributed by atoms with Gasteiger partial charge in [-0.1, -0.05) is 12.8 Å². The number of hydrogen-bond donors (Lipinski definition) is 1. The molecule has 1 aromatic carbocycles. The molecule has 1 aromatic rings. The van der Waals surface area contributed by atoms with Gasteiger partial charge in [-0.05, 0) is 25.0 Å². The van der Waals surface area contributed by atoms with Crippen LogP contribution in [0.1, 0.15) is 32.1 Å². The number of nitrogens with one attached hydrogen (secondary N) is 1. The number of benzene rings is 1. The van der Waals surface area contributed by atoms with Crippen LogP contribution < -0.4 is 15.0 Å². The average molecular weight is 292 g/mol. The predicted octanol–water partition coefficient (Wildman–Crippen LogP) is 2.47. The summed E-state index contributed by atoms with van der Waals surface area (Å²) in [4.78, 5) is 14.1. The van der Waals surface area contributed by atoms with Gasteiger partial charge in [-0.25, -0.2) is 4.39 Å². The molecule has 1 heterocycles. The molecule has 1 aliphatic heterocycles. The number of amides is 1. The molecule has 1 N–H and O–H groups in total. The van der Waals surface area contributed by atoms with Crippen LogP contribution in [0.2, 0.25) is 0 Å². The van der Waals surface area contributed by atoms with Gasteiger partial charge in [0.05, 0.1) is 18.2 Å². The molecule has 0 bridgehead atoms. The molecule has 21 heavy (non-hydrogen) atoms. The van der Waals surface area contributed by atoms with Gasteiger partial charge in [0.2, 0.25) is 5.91 Å². The number of fused-ring (bicyclic) bond motifs is 1. The smallest absolute Gasteiger partial charge is 0.222 e. The predicted molar refractivity (Wildman–Crippen MR) is 79.1 cm³/mol. The summed E-state index contributed by atoms with van der Waals surface area (Å²) < 4.78 is 18.8. The summed E-state index contributed by atoms with van der Waals surface area (Å²) in [6.45, 7) is 0.408. The maximum Gasteiger partial charge on any atom is 0.222 e. The second-order valence-electron chi connectivity index (χ2n) is 5.94. The van der Waals surface area contributed by atoms with Gasteiger partial charge in [0, 0.05) is 19.2 Å². The topological polar surface area (TPSA) is 41.6 Å². The van der Waals surface area contributed by atoms with Gasteiger partial charge in [-0.15, -0.1) is 0 Å². The van der Waals surface area contributed by atoms with Crippen molar-refractivity contribution in [3.63, 3.8) is 0 Å². The number of carbonyl (C=O) groups excluding carboxylic acids is 1. The van der Waals surface area contributed by atoms with Gasteiger partial charge >= 0.3 is 0 Å². The van der Waals surface area contributed by atoms with Crippen molar-refractivity contribution in [3.05, 3.63) is 24.0 Å². The third-order valence-electron chi connectivity index (χ3n) is 4.42. The van der Waals surface area contributed by atoms with E-state index in [0.29, 0.717) is 24.8 Å². The second kappa shape index (κ2) is 5.92. The minimum absolute atomic E-state index is 0.00985. The zero-order valence-corrected chi connectivity index (χ0v) is 12.3. The Hall–Kier alpha value is -1.78. The zero-order chi connectivity index (χ0) is 14.8. The summed E-state index contributed by atoms with van der Waals surface area (Å²) in [5.74, 6) is 0.317. The van der Waals surface area contributed by atoms with E-state index < -0.39 is 0 Å². The van der Waals surface area contributed by atoms with Crippen LogP contribution in [0.5, 0.6) is 5.75 Å². The zero-order valence-electron chi connectivity index (χ0n) is 12.3. The van der Waals surface area contributed by atoms with Crippen molar-refractivity contribution in [2.75, 3.05) is 18.6 Å². The van der Waals surface area contributed by atoms with Crippen LogP contribution in [0.25, 0.3) is 0 Å². The quantitative estimate of drug-likeness (QED) is 0.930. The molecule has 3 rings (SSSR count). The van der Waals surface area contributed by atoms with Crippen molar-refractivity contribution in [2.24, 2.45) is 0 Å². The monoisotopic (exact) mass is 292 g/mol. The van der Waals surface area contributed by atoms with E-state index in [0.717, 1.165) is 18.5 Å². The molecular formula is C16H21FN2O2. The van der Waals surface area contributed by atoms with E-state index in [9.17, 15) is 9.18 Å². The number of hydrogen-bond acceptors (Lipinski definition) is 3. The Bertz CT molecular complexity index is 529. The molecule has 1 saturated carbocycles. The number of anilines is 1. The molecule has 0 spiro atoms. The first-order valence-corrected chi connectivity index (χ1v) is 7.58. The molecule has 114 valence electrons. The maximum absolute atomic E-state index is 13.2. The van der Waals surface area contributed by atoms with Gasteiger partial charge in [0.25, 0.3) is 0 Å². The Morgan fingerprint density at radius 2 is 2.19 bits per heavy atom. The van der Waals surface area contributed by atoms with Crippen molar-refractivity contribution in [2.45, 2.75) is 44.2 Å². The first-order valence-electron chi connectivity index (χ1n) is 7.58. The standard InChI is InChI=1S/C16H21FN2O2/c1-19-13(9-16(20)18-12-4-2-3-5-12)10-21-15-8-11(17)6-7-14(15)19/h6-8,12-13H,2-5,9-10H2,1H3,(H,18,20)/t13-/m0/s1. The maximum atomic E-state index is 13.2. The van der Waals surface area contributed by atoms with E-state index >= 15 is 0 Å². The summed E-state index contributed by atoms with van der Waals surface area (Å²) >= 11 is 0. The SMILES string of the molecule is CN1c2ccc(F)cc2OC[C@@H]1CC(=O)NC1CCCC1. The molecule has 5 heteroatoms. The van der Waals surface area contributed by atoms with Gasteiger partial charge in [0.1, 0.15) is 18.2 Å². The third kappa shape index (κ3) is 3.12. The molecule has 1 atom stereocenters. The van der Waals surface area contributed by atoms with Gasteiger partial charge < -0.3 is 15.0 Å². The van der Waals surface area contributed by atoms with Gasteiger partial charge in [-0.2, -0.15) is 0 Å². The summed E-state index contributed by atoms with van der Waals surface area (Å²) in [7, 11) is 1.92. The third-order valence-corrected chi connectivity index (χ3v) is 4.42. The number of ether oxygens (including phenoxy) is 1. The highest BCUT2D eigenvalue weighted by atomic mass is 19.1. The van der Waals surface area contributed by atoms with E-state index in [-0.39, 0.29) is 17.8 Å². The van der Waals surface area contributed by atoms with Crippen LogP contribution in [0, 0.1) is 5.82 Å². The first-order chi connectivity index (χ1) is 10.1. The number of likely N-dealkylation sites (N-methyl/N-ethyl adjacent to an activating group) is 1. The van der Waals surface area contributed by atoms with Crippen molar-refractivity contribution >= 4 is 11.6 Å². The van der Waals surface area contributed by atoms with Crippen LogP contribution in [-0.4, -0.2) is 31.6 Å². The fourth-order valence-electron chi connectivity index (χ4n) is 3.16. The second-order valence-corrected chi connectivity index (χ2v) is 5.94. The van der Waals surface area contributed by atoms with Crippen LogP contribution in [-0.2, 0) is 4.79 Å². The summed E-state index contributed by atoms with van der Waals surface area (Å²) in [5, 5.41) is 3.10.